The van der Waals surface area contributed by atoms with Gasteiger partial charge in [0.15, 0.2) is 0 Å². The molecule has 0 aromatic heterocycles. The van der Waals surface area contributed by atoms with Crippen LogP contribution in [0.15, 0.2) is 82.6 Å². The number of methoxy groups -OCH3 is 1. The highest BCUT2D eigenvalue weighted by Gasteiger charge is 2.29. The Morgan fingerprint density at radius 1 is 1.06 bits per heavy atom. The van der Waals surface area contributed by atoms with Crippen molar-refractivity contribution in [1.82, 2.24) is 5.32 Å². The van der Waals surface area contributed by atoms with Crippen molar-refractivity contribution in [3.05, 3.63) is 83.4 Å². The lowest BCUT2D eigenvalue weighted by atomic mass is 10.2. The SMILES string of the molecule is COc1ccc(Cl)cc1N(CC(=O)NCCSc1ccc(C)cc1)S(=O)(=O)c1ccccc1. The minimum Gasteiger partial charge on any atom is -0.495 e. The fraction of sp³-hybridized carbons (Fsp3) is 0.208. The molecule has 3 aromatic rings. The Balaban J connectivity index is 1.76. The molecule has 0 aliphatic rings. The van der Waals surface area contributed by atoms with Crippen molar-refractivity contribution in [3.8, 4) is 5.75 Å². The predicted molar refractivity (Wildman–Crippen MR) is 134 cm³/mol. The molecule has 0 saturated carbocycles. The van der Waals surface area contributed by atoms with Gasteiger partial charge in [0.05, 0.1) is 17.7 Å². The quantitative estimate of drug-likeness (QED) is 0.318. The highest BCUT2D eigenvalue weighted by molar-refractivity contribution is 7.99. The maximum atomic E-state index is 13.4. The Labute approximate surface area is 204 Å². The first-order valence-corrected chi connectivity index (χ1v) is 13.0. The smallest absolute Gasteiger partial charge is 0.264 e. The number of rotatable bonds is 10. The first-order chi connectivity index (χ1) is 15.8. The summed E-state index contributed by atoms with van der Waals surface area (Å²) in [4.78, 5) is 13.9. The Bertz CT molecular complexity index is 1190. The number of aryl methyl sites for hydroxylation is 1. The minimum absolute atomic E-state index is 0.0646. The van der Waals surface area contributed by atoms with Crippen molar-refractivity contribution in [1.29, 1.82) is 0 Å². The van der Waals surface area contributed by atoms with Crippen molar-refractivity contribution < 1.29 is 17.9 Å². The van der Waals surface area contributed by atoms with Gasteiger partial charge in [0, 0.05) is 22.2 Å². The molecule has 0 spiro atoms. The second-order valence-electron chi connectivity index (χ2n) is 7.15. The third-order valence-corrected chi connectivity index (χ3v) is 7.76. The Kier molecular flexibility index (Phi) is 8.66. The van der Waals surface area contributed by atoms with Gasteiger partial charge in [-0.05, 0) is 49.4 Å². The molecule has 0 saturated heterocycles. The van der Waals surface area contributed by atoms with E-state index in [0.717, 1.165) is 9.20 Å². The van der Waals surface area contributed by atoms with Gasteiger partial charge in [-0.2, -0.15) is 0 Å². The van der Waals surface area contributed by atoms with E-state index in [1.165, 1.54) is 30.9 Å². The fourth-order valence-electron chi connectivity index (χ4n) is 3.06. The molecule has 174 valence electrons. The summed E-state index contributed by atoms with van der Waals surface area (Å²) >= 11 is 7.75. The molecule has 1 amide bonds. The lowest BCUT2D eigenvalue weighted by Gasteiger charge is -2.25. The summed E-state index contributed by atoms with van der Waals surface area (Å²) < 4.78 is 33.2. The van der Waals surface area contributed by atoms with Gasteiger partial charge in [-0.25, -0.2) is 8.42 Å². The molecule has 3 aromatic carbocycles. The summed E-state index contributed by atoms with van der Waals surface area (Å²) in [5, 5.41) is 3.13. The van der Waals surface area contributed by atoms with Crippen LogP contribution in [0.5, 0.6) is 5.75 Å². The minimum atomic E-state index is -4.05. The van der Waals surface area contributed by atoms with Gasteiger partial charge < -0.3 is 10.1 Å². The van der Waals surface area contributed by atoms with E-state index in [4.69, 9.17) is 16.3 Å². The Morgan fingerprint density at radius 3 is 2.42 bits per heavy atom. The third-order valence-electron chi connectivity index (χ3n) is 4.74. The zero-order valence-electron chi connectivity index (χ0n) is 18.3. The molecule has 0 fully saturated rings. The molecule has 0 aliphatic heterocycles. The number of nitrogens with one attached hydrogen (secondary N) is 1. The van der Waals surface area contributed by atoms with Crippen LogP contribution in [0.2, 0.25) is 5.02 Å². The molecule has 0 aliphatic carbocycles. The molecule has 33 heavy (non-hydrogen) atoms. The van der Waals surface area contributed by atoms with Crippen molar-refractivity contribution in [3.63, 3.8) is 0 Å². The number of hydrogen-bond donors (Lipinski definition) is 1. The largest absolute Gasteiger partial charge is 0.495 e. The molecule has 0 heterocycles. The summed E-state index contributed by atoms with van der Waals surface area (Å²) in [5.41, 5.74) is 1.38. The molecule has 1 N–H and O–H groups in total. The fourth-order valence-corrected chi connectivity index (χ4v) is 5.44. The van der Waals surface area contributed by atoms with E-state index in [0.29, 0.717) is 23.1 Å². The second kappa shape index (κ2) is 11.4. The third kappa shape index (κ3) is 6.66. The molecule has 9 heteroatoms. The molecule has 0 atom stereocenters. The normalized spacial score (nSPS) is 11.1. The van der Waals surface area contributed by atoms with E-state index in [1.54, 1.807) is 42.1 Å². The number of anilines is 1. The number of ether oxygens (including phenoxy) is 1. The molecule has 0 bridgehead atoms. The Hall–Kier alpha value is -2.68. The maximum Gasteiger partial charge on any atom is 0.264 e. The summed E-state index contributed by atoms with van der Waals surface area (Å²) in [6.07, 6.45) is 0. The highest BCUT2D eigenvalue weighted by Crippen LogP contribution is 2.34. The van der Waals surface area contributed by atoms with E-state index in [-0.39, 0.29) is 10.6 Å². The summed E-state index contributed by atoms with van der Waals surface area (Å²) in [6, 6.07) is 20.7. The standard InChI is InChI=1S/C24H25ClN2O4S2/c1-18-8-11-20(12-9-18)32-15-14-26-24(28)17-27(22-16-19(25)10-13-23(22)31-2)33(29,30)21-6-4-3-5-7-21/h3-13,16H,14-15,17H2,1-2H3,(H,26,28). The van der Waals surface area contributed by atoms with E-state index >= 15 is 0 Å². The summed E-state index contributed by atoms with van der Waals surface area (Å²) in [6.45, 7) is 2.01. The number of hydrogen-bond acceptors (Lipinski definition) is 5. The average Bonchev–Trinajstić information content (AvgIpc) is 2.82. The zero-order chi connectivity index (χ0) is 23.8. The number of halogens is 1. The topological polar surface area (TPSA) is 75.7 Å². The van der Waals surface area contributed by atoms with Crippen LogP contribution in [-0.2, 0) is 14.8 Å². The maximum absolute atomic E-state index is 13.4. The Morgan fingerprint density at radius 2 is 1.76 bits per heavy atom. The van der Waals surface area contributed by atoms with Crippen LogP contribution in [0, 0.1) is 6.92 Å². The van der Waals surface area contributed by atoms with Gasteiger partial charge in [-0.1, -0.05) is 47.5 Å². The van der Waals surface area contributed by atoms with Crippen LogP contribution in [0.1, 0.15) is 5.56 Å². The van der Waals surface area contributed by atoms with E-state index in [2.05, 4.69) is 5.32 Å². The van der Waals surface area contributed by atoms with Gasteiger partial charge >= 0.3 is 0 Å². The molecule has 3 rings (SSSR count). The number of carbonyl (C=O) groups excluding carboxylic acids is 1. The summed E-state index contributed by atoms with van der Waals surface area (Å²) in [5.74, 6) is 0.517. The van der Waals surface area contributed by atoms with Gasteiger partial charge in [0.25, 0.3) is 10.0 Å². The van der Waals surface area contributed by atoms with E-state index < -0.39 is 22.5 Å². The molecule has 0 radical (unpaired) electrons. The number of carbonyl (C=O) groups is 1. The number of thioether (sulfide) groups is 1. The molecular formula is C24H25ClN2O4S2. The van der Waals surface area contributed by atoms with Crippen molar-refractivity contribution >= 4 is 45.0 Å². The first-order valence-electron chi connectivity index (χ1n) is 10.2. The molecule has 6 nitrogen and oxygen atoms in total. The number of sulfonamides is 1. The lowest BCUT2D eigenvalue weighted by molar-refractivity contribution is -0.119. The van der Waals surface area contributed by atoms with Gasteiger partial charge in [0.1, 0.15) is 12.3 Å². The van der Waals surface area contributed by atoms with E-state index in [9.17, 15) is 13.2 Å². The lowest BCUT2D eigenvalue weighted by Crippen LogP contribution is -2.41. The van der Waals surface area contributed by atoms with Gasteiger partial charge in [-0.15, -0.1) is 11.8 Å². The van der Waals surface area contributed by atoms with Crippen LogP contribution >= 0.6 is 23.4 Å². The molecular weight excluding hydrogens is 480 g/mol. The van der Waals surface area contributed by atoms with Crippen LogP contribution in [0.25, 0.3) is 0 Å². The van der Waals surface area contributed by atoms with Crippen LogP contribution < -0.4 is 14.4 Å². The van der Waals surface area contributed by atoms with Gasteiger partial charge in [-0.3, -0.25) is 9.10 Å². The zero-order valence-corrected chi connectivity index (χ0v) is 20.7. The van der Waals surface area contributed by atoms with Crippen LogP contribution in [0.3, 0.4) is 0 Å². The van der Waals surface area contributed by atoms with Crippen LogP contribution in [-0.4, -0.2) is 40.3 Å². The first kappa shape index (κ1) is 25.0. The number of nitrogens with zero attached hydrogens (tertiary/aromatic N) is 1. The number of benzene rings is 3. The van der Waals surface area contributed by atoms with Crippen molar-refractivity contribution in [2.45, 2.75) is 16.7 Å². The summed E-state index contributed by atoms with van der Waals surface area (Å²) in [7, 11) is -2.61. The average molecular weight is 505 g/mol. The second-order valence-corrected chi connectivity index (χ2v) is 10.6. The predicted octanol–water partition coefficient (Wildman–Crippen LogP) is 4.76. The van der Waals surface area contributed by atoms with Crippen molar-refractivity contribution in [2.75, 3.05) is 30.3 Å². The van der Waals surface area contributed by atoms with Gasteiger partial charge in [0.2, 0.25) is 5.91 Å². The molecule has 0 unspecified atom stereocenters. The van der Waals surface area contributed by atoms with Crippen LogP contribution in [0.4, 0.5) is 5.69 Å². The van der Waals surface area contributed by atoms with Crippen molar-refractivity contribution in [2.24, 2.45) is 0 Å². The number of amides is 1. The monoisotopic (exact) mass is 504 g/mol. The highest BCUT2D eigenvalue weighted by atomic mass is 35.5. The van der Waals surface area contributed by atoms with E-state index in [1.807, 2.05) is 31.2 Å².